The van der Waals surface area contributed by atoms with Gasteiger partial charge in [0.15, 0.2) is 0 Å². The summed E-state index contributed by atoms with van der Waals surface area (Å²) in [4.78, 5) is 11.9. The van der Waals surface area contributed by atoms with E-state index in [9.17, 15) is 9.47 Å². The molecule has 0 spiro atoms. The summed E-state index contributed by atoms with van der Waals surface area (Å²) in [7, 11) is -2.37. The minimum absolute atomic E-state index is 0.164. The Kier molecular flexibility index (Phi) is 4.41. The minimum atomic E-state index is -2.37. The Balaban J connectivity index is 1.49. The number of hydrogen-bond acceptors (Lipinski definition) is 6. The van der Waals surface area contributed by atoms with Crippen molar-refractivity contribution in [2.45, 2.75) is 43.9 Å². The van der Waals surface area contributed by atoms with Gasteiger partial charge in [0.2, 0.25) is 0 Å². The zero-order valence-electron chi connectivity index (χ0n) is 17.1. The van der Waals surface area contributed by atoms with Crippen LogP contribution in [0.5, 0.6) is 0 Å². The lowest BCUT2D eigenvalue weighted by Gasteiger charge is -2.49. The molecule has 0 bridgehead atoms. The van der Waals surface area contributed by atoms with Crippen molar-refractivity contribution in [3.63, 3.8) is 0 Å². The maximum Gasteiger partial charge on any atom is 0.141 e. The fraction of sp³-hybridized carbons (Fsp3) is 0.500. The number of aromatic amines is 1. The van der Waals surface area contributed by atoms with Crippen molar-refractivity contribution in [3.05, 3.63) is 30.5 Å². The van der Waals surface area contributed by atoms with Gasteiger partial charge < -0.3 is 4.98 Å². The molecule has 10 heteroatoms. The van der Waals surface area contributed by atoms with Crippen LogP contribution in [0.1, 0.15) is 31.7 Å². The van der Waals surface area contributed by atoms with Crippen LogP contribution in [0, 0.1) is 18.3 Å². The highest BCUT2D eigenvalue weighted by molar-refractivity contribution is 7.92. The van der Waals surface area contributed by atoms with Crippen molar-refractivity contribution in [3.8, 4) is 17.3 Å². The molecule has 1 saturated carbocycles. The Labute approximate surface area is 175 Å². The number of nitriles is 1. The van der Waals surface area contributed by atoms with Gasteiger partial charge in [-0.25, -0.2) is 22.8 Å². The van der Waals surface area contributed by atoms with E-state index in [4.69, 9.17) is 0 Å². The van der Waals surface area contributed by atoms with Crippen LogP contribution in [-0.2, 0) is 15.5 Å². The third-order valence-corrected chi connectivity index (χ3v) is 8.97. The summed E-state index contributed by atoms with van der Waals surface area (Å²) in [5.41, 5.74) is 3.06. The highest BCUT2D eigenvalue weighted by Crippen LogP contribution is 2.41. The molecule has 1 N–H and O–H groups in total. The van der Waals surface area contributed by atoms with Crippen LogP contribution in [0.2, 0.25) is 0 Å². The maximum absolute atomic E-state index is 13.5. The highest BCUT2D eigenvalue weighted by atomic mass is 32.2. The third-order valence-electron chi connectivity index (χ3n) is 6.00. The smallest absolute Gasteiger partial charge is 0.141 e. The quantitative estimate of drug-likeness (QED) is 0.653. The normalized spacial score (nSPS) is 20.4. The van der Waals surface area contributed by atoms with Crippen LogP contribution in [0.3, 0.4) is 0 Å². The molecule has 9 nitrogen and oxygen atoms in total. The summed E-state index contributed by atoms with van der Waals surface area (Å²) < 4.78 is 21.8. The fourth-order valence-corrected chi connectivity index (χ4v) is 7.05. The number of aryl methyl sites for hydroxylation is 1. The van der Waals surface area contributed by atoms with E-state index in [1.54, 1.807) is 6.20 Å². The Morgan fingerprint density at radius 3 is 2.90 bits per heavy atom. The molecule has 1 aliphatic heterocycles. The maximum atomic E-state index is 13.5. The lowest BCUT2D eigenvalue weighted by molar-refractivity contribution is 0.0747. The van der Waals surface area contributed by atoms with Crippen molar-refractivity contribution >= 4 is 20.9 Å². The van der Waals surface area contributed by atoms with Crippen molar-refractivity contribution in [1.29, 1.82) is 5.26 Å². The van der Waals surface area contributed by atoms with Gasteiger partial charge in [-0.3, -0.25) is 4.68 Å². The first-order valence-electron chi connectivity index (χ1n) is 10.2. The van der Waals surface area contributed by atoms with Crippen LogP contribution >= 0.6 is 0 Å². The van der Waals surface area contributed by atoms with Crippen molar-refractivity contribution < 1.29 is 4.21 Å². The van der Waals surface area contributed by atoms with E-state index < -0.39 is 15.5 Å². The second kappa shape index (κ2) is 6.89. The average Bonchev–Trinajstić information content (AvgIpc) is 3.35. The van der Waals surface area contributed by atoms with E-state index in [2.05, 4.69) is 30.5 Å². The molecule has 0 radical (unpaired) electrons. The molecule has 1 aliphatic carbocycles. The number of hydrogen-bond donors (Lipinski definition) is 1. The van der Waals surface area contributed by atoms with Gasteiger partial charge in [0, 0.05) is 43.0 Å². The number of fused-ring (bicyclic) bond motifs is 1. The van der Waals surface area contributed by atoms with Crippen molar-refractivity contribution in [1.82, 2.24) is 29.0 Å². The summed E-state index contributed by atoms with van der Waals surface area (Å²) in [5.74, 6) is 0. The number of nitrogens with one attached hydrogen (secondary N) is 1. The molecule has 3 aromatic rings. The lowest BCUT2D eigenvalue weighted by Crippen LogP contribution is -2.64. The van der Waals surface area contributed by atoms with E-state index in [1.165, 1.54) is 6.33 Å². The molecule has 5 rings (SSSR count). The number of nitrogens with zero attached hydrogens (tertiary/aromatic N) is 7. The zero-order chi connectivity index (χ0) is 20.9. The van der Waals surface area contributed by atoms with Crippen LogP contribution < -0.4 is 0 Å². The molecule has 3 aromatic heterocycles. The van der Waals surface area contributed by atoms with Gasteiger partial charge in [0.25, 0.3) is 0 Å². The largest absolute Gasteiger partial charge is 0.346 e. The van der Waals surface area contributed by atoms with Gasteiger partial charge in [-0.2, -0.15) is 10.4 Å². The molecular formula is C20H24N8OS. The Morgan fingerprint density at radius 2 is 2.20 bits per heavy atom. The van der Waals surface area contributed by atoms with E-state index in [1.807, 2.05) is 35.2 Å². The monoisotopic (exact) mass is 424 g/mol. The first kappa shape index (κ1) is 19.2. The minimum Gasteiger partial charge on any atom is -0.346 e. The number of aromatic nitrogens is 5. The summed E-state index contributed by atoms with van der Waals surface area (Å²) >= 11 is 0. The molecule has 1 saturated heterocycles. The van der Waals surface area contributed by atoms with E-state index in [0.29, 0.717) is 26.1 Å². The van der Waals surface area contributed by atoms with E-state index in [0.717, 1.165) is 40.7 Å². The predicted molar refractivity (Wildman–Crippen MR) is 114 cm³/mol. The number of H-pyrrole nitrogens is 1. The Morgan fingerprint density at radius 1 is 1.40 bits per heavy atom. The van der Waals surface area contributed by atoms with Gasteiger partial charge >= 0.3 is 0 Å². The van der Waals surface area contributed by atoms with Crippen molar-refractivity contribution in [2.24, 2.45) is 4.36 Å². The van der Waals surface area contributed by atoms with Gasteiger partial charge in [0.05, 0.1) is 29.6 Å². The summed E-state index contributed by atoms with van der Waals surface area (Å²) in [6, 6.07) is 2.30. The summed E-state index contributed by atoms with van der Waals surface area (Å²) in [6.07, 6.45) is 9.42. The molecule has 30 heavy (non-hydrogen) atoms. The molecule has 4 heterocycles. The Hall–Kier alpha value is -2.77. The number of rotatable bonds is 6. The Bertz CT molecular complexity index is 1270. The molecule has 156 valence electrons. The predicted octanol–water partition coefficient (Wildman–Crippen LogP) is 2.62. The van der Waals surface area contributed by atoms with Crippen LogP contribution in [0.15, 0.2) is 29.3 Å². The molecule has 1 atom stereocenters. The molecule has 0 amide bonds. The standard InChI is InChI=1S/C20H24N8OS/c1-3-26-30(29,16-4-5-16)27-11-20(12-27,6-7-21)28-10-15(9-25-28)18-17-14(2)8-22-19(17)24-13-23-18/h8-10,13,16H,3-6,11-12H2,1-2H3,(H,22,23,24)/t30-/m0/s1. The molecule has 2 fully saturated rings. The topological polar surface area (TPSA) is 116 Å². The average molecular weight is 425 g/mol. The second-order valence-electron chi connectivity index (χ2n) is 8.13. The molecular weight excluding hydrogens is 400 g/mol. The third kappa shape index (κ3) is 2.84. The van der Waals surface area contributed by atoms with Gasteiger partial charge in [-0.1, -0.05) is 0 Å². The van der Waals surface area contributed by atoms with E-state index in [-0.39, 0.29) is 5.25 Å². The first-order valence-corrected chi connectivity index (χ1v) is 11.7. The van der Waals surface area contributed by atoms with Gasteiger partial charge in [-0.05, 0) is 32.3 Å². The molecule has 0 aromatic carbocycles. The van der Waals surface area contributed by atoms with Crippen LogP contribution in [0.4, 0.5) is 0 Å². The molecule has 0 unspecified atom stereocenters. The first-order chi connectivity index (χ1) is 14.5. The van der Waals surface area contributed by atoms with Crippen LogP contribution in [0.25, 0.3) is 22.3 Å². The zero-order valence-corrected chi connectivity index (χ0v) is 17.9. The second-order valence-corrected chi connectivity index (χ2v) is 10.6. The highest BCUT2D eigenvalue weighted by Gasteiger charge is 2.52. The summed E-state index contributed by atoms with van der Waals surface area (Å²) in [6.45, 7) is 5.52. The lowest BCUT2D eigenvalue weighted by atomic mass is 9.89. The fourth-order valence-electron chi connectivity index (χ4n) is 4.28. The summed E-state index contributed by atoms with van der Waals surface area (Å²) in [5, 5.41) is 15.2. The van der Waals surface area contributed by atoms with Gasteiger partial charge in [-0.15, -0.1) is 0 Å². The molecule has 2 aliphatic rings. The van der Waals surface area contributed by atoms with E-state index >= 15 is 0 Å². The SMILES string of the molecule is CCN=[S@@](=O)(C1CC1)N1CC(CC#N)(n2cc(-c3ncnc4[nH]cc(C)c34)cn2)C1. The van der Waals surface area contributed by atoms with Crippen molar-refractivity contribution in [2.75, 3.05) is 19.6 Å². The van der Waals surface area contributed by atoms with Gasteiger partial charge in [0.1, 0.15) is 27.4 Å². The van der Waals surface area contributed by atoms with Crippen LogP contribution in [-0.4, -0.2) is 58.1 Å².